The average Bonchev–Trinajstić information content (AvgIpc) is 2.79. The van der Waals surface area contributed by atoms with Crippen LogP contribution in [0.3, 0.4) is 0 Å². The van der Waals surface area contributed by atoms with Crippen molar-refractivity contribution in [1.82, 2.24) is 9.88 Å². The largest absolute Gasteiger partial charge is 0.505 e. The topological polar surface area (TPSA) is 110 Å². The van der Waals surface area contributed by atoms with E-state index in [1.165, 1.54) is 23.9 Å². The number of ether oxygens (including phenoxy) is 1. The first kappa shape index (κ1) is 23.6. The molecule has 0 aliphatic heterocycles. The Balaban J connectivity index is 1.90. The minimum atomic E-state index is -0.732. The lowest BCUT2D eigenvalue weighted by Gasteiger charge is -2.20. The van der Waals surface area contributed by atoms with E-state index in [0.29, 0.717) is 5.56 Å². The van der Waals surface area contributed by atoms with Gasteiger partial charge in [-0.3, -0.25) is 9.59 Å². The zero-order valence-corrected chi connectivity index (χ0v) is 18.8. The smallest absolute Gasteiger partial charge is 0.319 e. The number of aryl methyl sites for hydroxylation is 2. The summed E-state index contributed by atoms with van der Waals surface area (Å²) in [6.07, 6.45) is 1.29. The van der Waals surface area contributed by atoms with Crippen LogP contribution in [-0.4, -0.2) is 28.3 Å². The number of hydrogen-bond donors (Lipinski definition) is 3. The van der Waals surface area contributed by atoms with Gasteiger partial charge in [-0.2, -0.15) is 0 Å². The maximum Gasteiger partial charge on any atom is 0.319 e. The summed E-state index contributed by atoms with van der Waals surface area (Å²) in [5.41, 5.74) is 2.96. The van der Waals surface area contributed by atoms with Gasteiger partial charge in [-0.25, -0.2) is 4.79 Å². The van der Waals surface area contributed by atoms with Gasteiger partial charge in [0.2, 0.25) is 0 Å². The molecule has 0 fully saturated rings. The van der Waals surface area contributed by atoms with Crippen molar-refractivity contribution in [1.29, 1.82) is 0 Å². The van der Waals surface area contributed by atoms with Crippen molar-refractivity contribution in [2.45, 2.75) is 26.3 Å². The predicted octanol–water partition coefficient (Wildman–Crippen LogP) is 3.88. The van der Waals surface area contributed by atoms with Gasteiger partial charge < -0.3 is 25.0 Å². The molecule has 0 aliphatic rings. The number of amides is 2. The second-order valence-electron chi connectivity index (χ2n) is 7.59. The summed E-state index contributed by atoms with van der Waals surface area (Å²) in [4.78, 5) is 37.2. The number of aromatic nitrogens is 1. The highest BCUT2D eigenvalue weighted by Crippen LogP contribution is 2.27. The first-order valence-electron chi connectivity index (χ1n) is 10.6. The lowest BCUT2D eigenvalue weighted by atomic mass is 9.95. The molecule has 0 saturated heterocycles. The van der Waals surface area contributed by atoms with Crippen molar-refractivity contribution in [2.75, 3.05) is 11.9 Å². The predicted molar refractivity (Wildman–Crippen MR) is 126 cm³/mol. The summed E-state index contributed by atoms with van der Waals surface area (Å²) in [7, 11) is 1.51. The van der Waals surface area contributed by atoms with Crippen LogP contribution in [0.2, 0.25) is 0 Å². The number of urea groups is 1. The summed E-state index contributed by atoms with van der Waals surface area (Å²) in [6, 6.07) is 15.3. The summed E-state index contributed by atoms with van der Waals surface area (Å²) >= 11 is 0. The van der Waals surface area contributed by atoms with Crippen molar-refractivity contribution in [3.8, 4) is 16.9 Å². The molecule has 172 valence electrons. The molecule has 3 N–H and O–H groups in total. The van der Waals surface area contributed by atoms with Gasteiger partial charge in [0.15, 0.2) is 5.69 Å². The Labute approximate surface area is 191 Å². The Morgan fingerprint density at radius 1 is 1.12 bits per heavy atom. The monoisotopic (exact) mass is 449 g/mol. The van der Waals surface area contributed by atoms with Crippen LogP contribution in [0, 0.1) is 6.92 Å². The van der Waals surface area contributed by atoms with Gasteiger partial charge in [0.25, 0.3) is 5.56 Å². The van der Waals surface area contributed by atoms with Crippen LogP contribution in [0.15, 0.2) is 65.6 Å². The Morgan fingerprint density at radius 2 is 1.88 bits per heavy atom. The molecular weight excluding hydrogens is 422 g/mol. The van der Waals surface area contributed by atoms with Crippen LogP contribution >= 0.6 is 0 Å². The number of nitrogens with zero attached hydrogens (tertiary/aromatic N) is 1. The van der Waals surface area contributed by atoms with Crippen molar-refractivity contribution in [2.24, 2.45) is 7.05 Å². The van der Waals surface area contributed by atoms with Gasteiger partial charge in [0.1, 0.15) is 5.75 Å². The molecule has 0 aliphatic carbocycles. The molecule has 1 atom stereocenters. The number of benzene rings is 2. The normalized spacial score (nSPS) is 11.5. The molecule has 3 aromatic rings. The van der Waals surface area contributed by atoms with E-state index in [1.54, 1.807) is 6.92 Å². The molecule has 8 heteroatoms. The highest BCUT2D eigenvalue weighted by molar-refractivity contribution is 5.91. The number of carbonyl (C=O) groups is 2. The van der Waals surface area contributed by atoms with E-state index in [-0.39, 0.29) is 24.5 Å². The molecule has 0 spiro atoms. The lowest BCUT2D eigenvalue weighted by Crippen LogP contribution is -2.36. The molecule has 2 aromatic carbocycles. The zero-order chi connectivity index (χ0) is 24.0. The number of esters is 1. The van der Waals surface area contributed by atoms with E-state index >= 15 is 0 Å². The van der Waals surface area contributed by atoms with Crippen LogP contribution in [0.1, 0.15) is 30.5 Å². The van der Waals surface area contributed by atoms with Crippen molar-refractivity contribution >= 4 is 17.7 Å². The molecule has 1 aromatic heterocycles. The zero-order valence-electron chi connectivity index (χ0n) is 18.8. The molecule has 8 nitrogen and oxygen atoms in total. The van der Waals surface area contributed by atoms with Gasteiger partial charge >= 0.3 is 12.0 Å². The van der Waals surface area contributed by atoms with Gasteiger partial charge in [0.05, 0.1) is 19.1 Å². The summed E-state index contributed by atoms with van der Waals surface area (Å²) in [5, 5.41) is 15.1. The third-order valence-corrected chi connectivity index (χ3v) is 5.21. The van der Waals surface area contributed by atoms with E-state index in [9.17, 15) is 19.5 Å². The fourth-order valence-electron chi connectivity index (χ4n) is 3.50. The molecule has 3 rings (SSSR count). The number of nitrogens with one attached hydrogen (secondary N) is 2. The third-order valence-electron chi connectivity index (χ3n) is 5.21. The lowest BCUT2D eigenvalue weighted by molar-refractivity contribution is -0.143. The maximum absolute atomic E-state index is 12.7. The highest BCUT2D eigenvalue weighted by Gasteiger charge is 2.21. The second kappa shape index (κ2) is 10.5. The fourth-order valence-corrected chi connectivity index (χ4v) is 3.50. The van der Waals surface area contributed by atoms with Gasteiger partial charge in [-0.15, -0.1) is 0 Å². The molecule has 33 heavy (non-hydrogen) atoms. The minimum Gasteiger partial charge on any atom is -0.505 e. The standard InChI is InChI=1S/C25H27N3O5/c1-4-33-22(30)15-20(26-25(32)27-23-21(29)12-13-28(3)24(23)31)18-10-7-9-17(14-18)19-11-6-5-8-16(19)2/h5-14,20,29H,4,15H2,1-3H3,(H2,26,27,32)/t20-/m0/s1. The number of anilines is 1. The van der Waals surface area contributed by atoms with Crippen molar-refractivity contribution in [3.63, 3.8) is 0 Å². The summed E-state index contributed by atoms with van der Waals surface area (Å²) < 4.78 is 6.31. The second-order valence-corrected chi connectivity index (χ2v) is 7.59. The molecule has 0 unspecified atom stereocenters. The van der Waals surface area contributed by atoms with Crippen LogP contribution in [0.4, 0.5) is 10.5 Å². The molecule has 0 radical (unpaired) electrons. The number of pyridine rings is 1. The van der Waals surface area contributed by atoms with Crippen LogP contribution in [0.5, 0.6) is 5.75 Å². The first-order chi connectivity index (χ1) is 15.8. The summed E-state index contributed by atoms with van der Waals surface area (Å²) in [5.74, 6) is -0.820. The van der Waals surface area contributed by atoms with Gasteiger partial charge in [-0.1, -0.05) is 42.5 Å². The van der Waals surface area contributed by atoms with Crippen LogP contribution < -0.4 is 16.2 Å². The number of carbonyl (C=O) groups excluding carboxylic acids is 2. The summed E-state index contributed by atoms with van der Waals surface area (Å²) in [6.45, 7) is 3.94. The number of rotatable bonds is 7. The van der Waals surface area contributed by atoms with E-state index in [4.69, 9.17) is 4.74 Å². The third kappa shape index (κ3) is 5.79. The van der Waals surface area contributed by atoms with E-state index in [2.05, 4.69) is 10.6 Å². The van der Waals surface area contributed by atoms with E-state index < -0.39 is 23.6 Å². The molecule has 0 saturated carbocycles. The quantitative estimate of drug-likeness (QED) is 0.474. The Kier molecular flexibility index (Phi) is 7.50. The maximum atomic E-state index is 12.7. The fraction of sp³-hybridized carbons (Fsp3) is 0.240. The minimum absolute atomic E-state index is 0.0999. The van der Waals surface area contributed by atoms with E-state index in [0.717, 1.165) is 16.7 Å². The van der Waals surface area contributed by atoms with Crippen molar-refractivity contribution in [3.05, 3.63) is 82.3 Å². The molecule has 1 heterocycles. The SMILES string of the molecule is CCOC(=O)C[C@H](NC(=O)Nc1c(O)ccn(C)c1=O)c1cccc(-c2ccccc2C)c1. The van der Waals surface area contributed by atoms with Crippen LogP contribution in [-0.2, 0) is 16.6 Å². The van der Waals surface area contributed by atoms with Crippen molar-refractivity contribution < 1.29 is 19.4 Å². The van der Waals surface area contributed by atoms with Gasteiger partial charge in [0, 0.05) is 13.2 Å². The molecule has 2 amide bonds. The molecule has 0 bridgehead atoms. The van der Waals surface area contributed by atoms with Gasteiger partial charge in [-0.05, 0) is 48.2 Å². The molecular formula is C25H27N3O5. The van der Waals surface area contributed by atoms with E-state index in [1.807, 2.05) is 55.5 Å². The number of hydrogen-bond acceptors (Lipinski definition) is 5. The highest BCUT2D eigenvalue weighted by atomic mass is 16.5. The Morgan fingerprint density at radius 3 is 2.61 bits per heavy atom. The average molecular weight is 450 g/mol. The van der Waals surface area contributed by atoms with Crippen LogP contribution in [0.25, 0.3) is 11.1 Å². The Hall–Kier alpha value is -4.07. The number of aromatic hydroxyl groups is 1. The first-order valence-corrected chi connectivity index (χ1v) is 10.6. The Bertz CT molecular complexity index is 1220.